The Hall–Kier alpha value is -1.98. The average Bonchev–Trinajstić information content (AvgIpc) is 2.34. The van der Waals surface area contributed by atoms with E-state index in [4.69, 9.17) is 0 Å². The van der Waals surface area contributed by atoms with Gasteiger partial charge in [0.15, 0.2) is 6.04 Å². The van der Waals surface area contributed by atoms with E-state index in [0.717, 1.165) is 0 Å². The molecule has 1 aromatic carbocycles. The first-order valence-electron chi connectivity index (χ1n) is 5.76. The lowest BCUT2D eigenvalue weighted by Crippen LogP contribution is -2.37. The minimum atomic E-state index is -2.60. The van der Waals surface area contributed by atoms with Crippen LogP contribution in [0, 0.1) is 0 Å². The number of nitrogens with zero attached hydrogens (tertiary/aromatic N) is 1. The van der Waals surface area contributed by atoms with Crippen LogP contribution in [0.5, 0.6) is 0 Å². The summed E-state index contributed by atoms with van der Waals surface area (Å²) in [7, 11) is 0. The molecule has 0 aromatic heterocycles. The number of alkyl halides is 2. The molecule has 1 aromatic rings. The van der Waals surface area contributed by atoms with Crippen LogP contribution >= 0.6 is 0 Å². The Morgan fingerprint density at radius 2 is 1.68 bits per heavy atom. The van der Waals surface area contributed by atoms with Crippen molar-refractivity contribution in [2.75, 3.05) is 6.54 Å². The van der Waals surface area contributed by atoms with Crippen molar-refractivity contribution in [2.45, 2.75) is 26.3 Å². The fraction of sp³-hybridized carbons (Fsp3) is 0.385. The maximum absolute atomic E-state index is 12.4. The van der Waals surface area contributed by atoms with E-state index in [2.05, 4.69) is 0 Å². The molecule has 19 heavy (non-hydrogen) atoms. The molecule has 0 aliphatic rings. The molecule has 0 radical (unpaired) electrons. The fourth-order valence-corrected chi connectivity index (χ4v) is 1.87. The van der Waals surface area contributed by atoms with Gasteiger partial charge in [-0.05, 0) is 12.5 Å². The van der Waals surface area contributed by atoms with Crippen molar-refractivity contribution in [2.24, 2.45) is 0 Å². The summed E-state index contributed by atoms with van der Waals surface area (Å²) in [5.41, 5.74) is 0.118. The van der Waals surface area contributed by atoms with Gasteiger partial charge in [0, 0.05) is 19.0 Å². The van der Waals surface area contributed by atoms with E-state index in [0.29, 0.717) is 5.56 Å². The molecule has 0 bridgehead atoms. The summed E-state index contributed by atoms with van der Waals surface area (Å²) >= 11 is 0. The number of amides is 1. The summed E-state index contributed by atoms with van der Waals surface area (Å²) in [4.78, 5) is 23.9. The quantitative estimate of drug-likeness (QED) is 0.895. The Bertz CT molecular complexity index is 459. The third-order valence-corrected chi connectivity index (χ3v) is 2.79. The summed E-state index contributed by atoms with van der Waals surface area (Å²) in [6, 6.07) is 3.81. The maximum atomic E-state index is 12.4. The predicted octanol–water partition coefficient (Wildman–Crippen LogP) is 2.62. The third kappa shape index (κ3) is 3.49. The highest BCUT2D eigenvalue weighted by molar-refractivity contribution is 5.83. The molecule has 1 unspecified atom stereocenters. The lowest BCUT2D eigenvalue weighted by molar-refractivity contribution is -0.149. The van der Waals surface area contributed by atoms with Gasteiger partial charge >= 0.3 is 5.97 Å². The summed E-state index contributed by atoms with van der Waals surface area (Å²) < 4.78 is 24.9. The summed E-state index contributed by atoms with van der Waals surface area (Å²) in [6.07, 6.45) is -2.60. The highest BCUT2D eigenvalue weighted by Gasteiger charge is 2.28. The first kappa shape index (κ1) is 15.1. The van der Waals surface area contributed by atoms with E-state index < -0.39 is 18.4 Å². The number of aliphatic carboxylic acids is 1. The second-order valence-corrected chi connectivity index (χ2v) is 4.01. The molecule has 0 aliphatic heterocycles. The van der Waals surface area contributed by atoms with Gasteiger partial charge in [-0.3, -0.25) is 4.79 Å². The van der Waals surface area contributed by atoms with E-state index in [-0.39, 0.29) is 18.0 Å². The van der Waals surface area contributed by atoms with Gasteiger partial charge in [-0.1, -0.05) is 24.3 Å². The van der Waals surface area contributed by atoms with Gasteiger partial charge in [-0.2, -0.15) is 0 Å². The molecule has 1 amide bonds. The van der Waals surface area contributed by atoms with Crippen LogP contribution in [0.1, 0.15) is 37.4 Å². The molecule has 1 atom stereocenters. The molecule has 0 aliphatic carbocycles. The Morgan fingerprint density at radius 1 is 1.21 bits per heavy atom. The van der Waals surface area contributed by atoms with Gasteiger partial charge in [-0.15, -0.1) is 0 Å². The van der Waals surface area contributed by atoms with E-state index in [1.807, 2.05) is 0 Å². The van der Waals surface area contributed by atoms with Gasteiger partial charge in [0.2, 0.25) is 5.91 Å². The maximum Gasteiger partial charge on any atom is 0.331 e. The van der Waals surface area contributed by atoms with Gasteiger partial charge in [-0.25, -0.2) is 13.6 Å². The van der Waals surface area contributed by atoms with Crippen LogP contribution in [0.25, 0.3) is 0 Å². The van der Waals surface area contributed by atoms with Crippen LogP contribution in [0.3, 0.4) is 0 Å². The topological polar surface area (TPSA) is 57.6 Å². The zero-order chi connectivity index (χ0) is 14.6. The predicted molar refractivity (Wildman–Crippen MR) is 64.8 cm³/mol. The van der Waals surface area contributed by atoms with Crippen LogP contribution in [0.15, 0.2) is 24.3 Å². The standard InChI is InChI=1S/C13H15F2NO3/c1-3-16(8(2)17)11(13(18)19)9-4-6-10(7-5-9)12(14)15/h4-7,11-12H,3H2,1-2H3,(H,18,19). The largest absolute Gasteiger partial charge is 0.479 e. The van der Waals surface area contributed by atoms with Crippen molar-refractivity contribution >= 4 is 11.9 Å². The van der Waals surface area contributed by atoms with Gasteiger partial charge in [0.1, 0.15) is 0 Å². The number of hydrogen-bond acceptors (Lipinski definition) is 2. The normalized spacial score (nSPS) is 12.3. The molecule has 104 valence electrons. The van der Waals surface area contributed by atoms with E-state index >= 15 is 0 Å². The zero-order valence-corrected chi connectivity index (χ0v) is 10.6. The Balaban J connectivity index is 3.12. The van der Waals surface area contributed by atoms with Crippen LogP contribution in [0.2, 0.25) is 0 Å². The fourth-order valence-electron chi connectivity index (χ4n) is 1.87. The van der Waals surface area contributed by atoms with Gasteiger partial charge < -0.3 is 10.0 Å². The van der Waals surface area contributed by atoms with E-state index in [1.54, 1.807) is 6.92 Å². The molecule has 1 rings (SSSR count). The second-order valence-electron chi connectivity index (χ2n) is 4.01. The molecule has 0 heterocycles. The number of hydrogen-bond donors (Lipinski definition) is 1. The average molecular weight is 271 g/mol. The minimum Gasteiger partial charge on any atom is -0.479 e. The monoisotopic (exact) mass is 271 g/mol. The van der Waals surface area contributed by atoms with Gasteiger partial charge in [0.25, 0.3) is 6.43 Å². The van der Waals surface area contributed by atoms with Gasteiger partial charge in [0.05, 0.1) is 0 Å². The van der Waals surface area contributed by atoms with E-state index in [9.17, 15) is 23.5 Å². The summed E-state index contributed by atoms with van der Waals surface area (Å²) in [5.74, 6) is -1.57. The number of carboxylic acids is 1. The Labute approximate surface area is 109 Å². The number of likely N-dealkylation sites (N-methyl/N-ethyl adjacent to an activating group) is 1. The van der Waals surface area contributed by atoms with Crippen LogP contribution in [-0.2, 0) is 9.59 Å². The van der Waals surface area contributed by atoms with Crippen molar-refractivity contribution < 1.29 is 23.5 Å². The van der Waals surface area contributed by atoms with Crippen molar-refractivity contribution in [1.82, 2.24) is 4.90 Å². The molecule has 0 saturated carbocycles. The second kappa shape index (κ2) is 6.26. The number of carboxylic acid groups (broad SMARTS) is 1. The first-order chi connectivity index (χ1) is 8.88. The van der Waals surface area contributed by atoms with Crippen molar-refractivity contribution in [3.05, 3.63) is 35.4 Å². The molecule has 1 N–H and O–H groups in total. The Kier molecular flexibility index (Phi) is 4.97. The summed E-state index contributed by atoms with van der Waals surface area (Å²) in [6.45, 7) is 3.15. The lowest BCUT2D eigenvalue weighted by Gasteiger charge is -2.27. The number of carbonyl (C=O) groups excluding carboxylic acids is 1. The molecule has 0 saturated heterocycles. The number of benzene rings is 1. The van der Waals surface area contributed by atoms with Crippen LogP contribution in [-0.4, -0.2) is 28.4 Å². The molecule has 0 fully saturated rings. The minimum absolute atomic E-state index is 0.182. The highest BCUT2D eigenvalue weighted by Crippen LogP contribution is 2.25. The third-order valence-electron chi connectivity index (χ3n) is 2.79. The smallest absolute Gasteiger partial charge is 0.331 e. The first-order valence-corrected chi connectivity index (χ1v) is 5.76. The number of carbonyl (C=O) groups is 2. The molecule has 6 heteroatoms. The lowest BCUT2D eigenvalue weighted by atomic mass is 10.0. The van der Waals surface area contributed by atoms with Crippen LogP contribution < -0.4 is 0 Å². The number of rotatable bonds is 5. The molecule has 4 nitrogen and oxygen atoms in total. The zero-order valence-electron chi connectivity index (χ0n) is 10.6. The summed E-state index contributed by atoms with van der Waals surface area (Å²) in [5, 5.41) is 9.21. The van der Waals surface area contributed by atoms with Crippen molar-refractivity contribution in [3.8, 4) is 0 Å². The van der Waals surface area contributed by atoms with Crippen molar-refractivity contribution in [1.29, 1.82) is 0 Å². The molecular weight excluding hydrogens is 256 g/mol. The van der Waals surface area contributed by atoms with Crippen molar-refractivity contribution in [3.63, 3.8) is 0 Å². The SMILES string of the molecule is CCN(C(C)=O)C(C(=O)O)c1ccc(C(F)F)cc1. The van der Waals surface area contributed by atoms with Crippen LogP contribution in [0.4, 0.5) is 8.78 Å². The molecular formula is C13H15F2NO3. The highest BCUT2D eigenvalue weighted by atomic mass is 19.3. The number of halogens is 2. The Morgan fingerprint density at radius 3 is 2.00 bits per heavy atom. The molecule has 0 spiro atoms. The van der Waals surface area contributed by atoms with E-state index in [1.165, 1.54) is 36.1 Å².